The zero-order chi connectivity index (χ0) is 19.6. The second-order valence-corrected chi connectivity index (χ2v) is 7.27. The van der Waals surface area contributed by atoms with E-state index in [0.29, 0.717) is 17.1 Å². The molecule has 0 radical (unpaired) electrons. The first-order valence-corrected chi connectivity index (χ1v) is 8.99. The van der Waals surface area contributed by atoms with Crippen molar-refractivity contribution in [2.75, 3.05) is 52.2 Å². The van der Waals surface area contributed by atoms with Crippen LogP contribution in [-0.2, 0) is 12.7 Å². The van der Waals surface area contributed by atoms with E-state index in [9.17, 15) is 13.2 Å². The third-order valence-corrected chi connectivity index (χ3v) is 4.82. The molecule has 2 heterocycles. The van der Waals surface area contributed by atoms with Gasteiger partial charge in [0, 0.05) is 52.4 Å². The molecular weight excluding hydrogens is 353 g/mol. The highest BCUT2D eigenvalue weighted by molar-refractivity contribution is 5.64. The van der Waals surface area contributed by atoms with E-state index in [0.717, 1.165) is 50.4 Å². The number of likely N-dealkylation sites (N-methyl/N-ethyl adjacent to an activating group) is 1. The van der Waals surface area contributed by atoms with Crippen LogP contribution in [0.4, 0.5) is 19.0 Å². The van der Waals surface area contributed by atoms with Crippen LogP contribution >= 0.6 is 0 Å². The predicted molar refractivity (Wildman–Crippen MR) is 102 cm³/mol. The molecule has 0 saturated carbocycles. The Kier molecular flexibility index (Phi) is 5.72. The quantitative estimate of drug-likeness (QED) is 0.811. The molecule has 4 nitrogen and oxygen atoms in total. The molecule has 146 valence electrons. The summed E-state index contributed by atoms with van der Waals surface area (Å²) in [6, 6.07) is 9.87. The smallest absolute Gasteiger partial charge is 0.363 e. The lowest BCUT2D eigenvalue weighted by Gasteiger charge is -2.32. The Morgan fingerprint density at radius 3 is 2.37 bits per heavy atom. The van der Waals surface area contributed by atoms with Gasteiger partial charge in [0.15, 0.2) is 0 Å². The molecule has 27 heavy (non-hydrogen) atoms. The highest BCUT2D eigenvalue weighted by Crippen LogP contribution is 2.34. The van der Waals surface area contributed by atoms with Gasteiger partial charge in [-0.3, -0.25) is 4.90 Å². The number of halogens is 3. The molecule has 1 fully saturated rings. The lowest BCUT2D eigenvalue weighted by atomic mass is 10.0. The van der Waals surface area contributed by atoms with Crippen LogP contribution in [0, 0.1) is 0 Å². The fraction of sp³-hybridized carbons (Fsp3) is 0.450. The molecular formula is C20H25F3N4. The molecule has 0 spiro atoms. The molecule has 3 rings (SSSR count). The van der Waals surface area contributed by atoms with Crippen LogP contribution < -0.4 is 4.90 Å². The summed E-state index contributed by atoms with van der Waals surface area (Å²) in [5.41, 5.74) is 1.45. The molecule has 2 aromatic rings. The van der Waals surface area contributed by atoms with Crippen LogP contribution in [0.2, 0.25) is 0 Å². The molecule has 1 aliphatic rings. The summed E-state index contributed by atoms with van der Waals surface area (Å²) >= 11 is 0. The Morgan fingerprint density at radius 2 is 1.74 bits per heavy atom. The second-order valence-electron chi connectivity index (χ2n) is 7.27. The summed E-state index contributed by atoms with van der Waals surface area (Å²) in [6.07, 6.45) is -4.40. The molecule has 0 atom stereocenters. The summed E-state index contributed by atoms with van der Waals surface area (Å²) in [5.74, 6) is 0.296. The van der Waals surface area contributed by atoms with E-state index in [2.05, 4.69) is 21.8 Å². The van der Waals surface area contributed by atoms with Crippen molar-refractivity contribution in [3.63, 3.8) is 0 Å². The third-order valence-electron chi connectivity index (χ3n) is 4.82. The van der Waals surface area contributed by atoms with Gasteiger partial charge >= 0.3 is 6.18 Å². The minimum Gasteiger partial charge on any atom is -0.363 e. The molecule has 1 aromatic heterocycles. The monoisotopic (exact) mass is 378 g/mol. The van der Waals surface area contributed by atoms with Gasteiger partial charge in [-0.25, -0.2) is 4.98 Å². The number of nitrogens with zero attached hydrogens (tertiary/aromatic N) is 4. The first-order valence-electron chi connectivity index (χ1n) is 8.99. The van der Waals surface area contributed by atoms with E-state index in [-0.39, 0.29) is 0 Å². The normalized spacial score (nSPS) is 16.5. The average Bonchev–Trinajstić information content (AvgIpc) is 2.63. The molecule has 1 aliphatic heterocycles. The van der Waals surface area contributed by atoms with Crippen LogP contribution in [0.25, 0.3) is 11.3 Å². The van der Waals surface area contributed by atoms with E-state index >= 15 is 0 Å². The van der Waals surface area contributed by atoms with Crippen molar-refractivity contribution >= 4 is 5.82 Å². The third kappa shape index (κ3) is 4.99. The van der Waals surface area contributed by atoms with Gasteiger partial charge in [-0.15, -0.1) is 0 Å². The van der Waals surface area contributed by atoms with Crippen molar-refractivity contribution in [1.29, 1.82) is 0 Å². The Morgan fingerprint density at radius 1 is 1.04 bits per heavy atom. The van der Waals surface area contributed by atoms with Crippen molar-refractivity contribution in [2.45, 2.75) is 12.7 Å². The van der Waals surface area contributed by atoms with Crippen LogP contribution in [0.1, 0.15) is 11.1 Å². The molecule has 0 bridgehead atoms. The molecule has 7 heteroatoms. The van der Waals surface area contributed by atoms with E-state index in [1.807, 2.05) is 24.3 Å². The Balaban J connectivity index is 1.89. The van der Waals surface area contributed by atoms with Crippen molar-refractivity contribution in [2.24, 2.45) is 0 Å². The van der Waals surface area contributed by atoms with Crippen LogP contribution in [0.3, 0.4) is 0 Å². The first kappa shape index (κ1) is 19.6. The lowest BCUT2D eigenvalue weighted by Crippen LogP contribution is -2.43. The maximum absolute atomic E-state index is 13.3. The van der Waals surface area contributed by atoms with Crippen molar-refractivity contribution < 1.29 is 13.2 Å². The van der Waals surface area contributed by atoms with Gasteiger partial charge in [0.2, 0.25) is 0 Å². The van der Waals surface area contributed by atoms with Gasteiger partial charge in [-0.05, 0) is 30.8 Å². The van der Waals surface area contributed by atoms with Gasteiger partial charge in [-0.2, -0.15) is 13.2 Å². The van der Waals surface area contributed by atoms with Gasteiger partial charge in [0.1, 0.15) is 5.82 Å². The average molecular weight is 378 g/mol. The number of hydrogen-bond donors (Lipinski definition) is 0. The number of piperazine rings is 1. The van der Waals surface area contributed by atoms with E-state index in [4.69, 9.17) is 0 Å². The van der Waals surface area contributed by atoms with Gasteiger partial charge in [-0.1, -0.05) is 18.2 Å². The summed E-state index contributed by atoms with van der Waals surface area (Å²) < 4.78 is 39.9. The maximum atomic E-state index is 13.3. The second kappa shape index (κ2) is 7.86. The summed E-state index contributed by atoms with van der Waals surface area (Å²) in [5, 5.41) is 0. The van der Waals surface area contributed by atoms with Gasteiger partial charge < -0.3 is 9.80 Å². The van der Waals surface area contributed by atoms with Crippen LogP contribution in [0.15, 0.2) is 36.4 Å². The number of benzene rings is 1. The molecule has 1 saturated heterocycles. The number of hydrogen-bond acceptors (Lipinski definition) is 4. The number of alkyl halides is 3. The molecule has 0 N–H and O–H groups in total. The van der Waals surface area contributed by atoms with E-state index in [1.54, 1.807) is 19.0 Å². The highest BCUT2D eigenvalue weighted by Gasteiger charge is 2.32. The minimum atomic E-state index is -4.40. The predicted octanol–water partition coefficient (Wildman–Crippen LogP) is 3.58. The summed E-state index contributed by atoms with van der Waals surface area (Å²) in [4.78, 5) is 10.7. The van der Waals surface area contributed by atoms with Crippen molar-refractivity contribution in [3.05, 3.63) is 47.5 Å². The fourth-order valence-corrected chi connectivity index (χ4v) is 3.15. The minimum absolute atomic E-state index is 0.296. The van der Waals surface area contributed by atoms with Crippen molar-refractivity contribution in [1.82, 2.24) is 14.8 Å². The number of aromatic nitrogens is 1. The molecule has 0 unspecified atom stereocenters. The molecule has 0 amide bonds. The maximum Gasteiger partial charge on any atom is 0.416 e. The SMILES string of the molecule is CN1CCN(Cc2cccc(-c3cc(C(F)(F)F)cc(N(C)C)n3)c2)CC1. The van der Waals surface area contributed by atoms with E-state index in [1.165, 1.54) is 0 Å². The zero-order valence-corrected chi connectivity index (χ0v) is 15.9. The lowest BCUT2D eigenvalue weighted by molar-refractivity contribution is -0.137. The zero-order valence-electron chi connectivity index (χ0n) is 15.9. The molecule has 0 aliphatic carbocycles. The summed E-state index contributed by atoms with van der Waals surface area (Å²) in [7, 11) is 5.49. The van der Waals surface area contributed by atoms with Crippen LogP contribution in [0.5, 0.6) is 0 Å². The van der Waals surface area contributed by atoms with Crippen LogP contribution in [-0.4, -0.2) is 62.1 Å². The largest absolute Gasteiger partial charge is 0.416 e. The Hall–Kier alpha value is -2.12. The first-order chi connectivity index (χ1) is 12.7. The number of anilines is 1. The Labute approximate surface area is 158 Å². The molecule has 1 aromatic carbocycles. The fourth-order valence-electron chi connectivity index (χ4n) is 3.15. The van der Waals surface area contributed by atoms with Gasteiger partial charge in [0.05, 0.1) is 11.3 Å². The Bertz CT molecular complexity index is 781. The van der Waals surface area contributed by atoms with Crippen molar-refractivity contribution in [3.8, 4) is 11.3 Å². The number of rotatable bonds is 4. The van der Waals surface area contributed by atoms with Gasteiger partial charge in [0.25, 0.3) is 0 Å². The standard InChI is InChI=1S/C20H25F3N4/c1-25(2)19-13-17(20(21,22)23)12-18(24-19)16-6-4-5-15(11-16)14-27-9-7-26(3)8-10-27/h4-6,11-13H,7-10,14H2,1-3H3. The highest BCUT2D eigenvalue weighted by atomic mass is 19.4. The summed E-state index contributed by atoms with van der Waals surface area (Å²) in [6.45, 7) is 4.84. The van der Waals surface area contributed by atoms with E-state index < -0.39 is 11.7 Å². The number of pyridine rings is 1. The topological polar surface area (TPSA) is 22.6 Å².